The van der Waals surface area contributed by atoms with E-state index >= 15 is 0 Å². The predicted octanol–water partition coefficient (Wildman–Crippen LogP) is 0.623. The molecule has 2 saturated heterocycles. The molecule has 2 aliphatic heterocycles. The molecule has 0 unspecified atom stereocenters. The summed E-state index contributed by atoms with van der Waals surface area (Å²) in [5.41, 5.74) is 2.56. The van der Waals surface area contributed by atoms with Crippen LogP contribution in [-0.4, -0.2) is 62.6 Å². The van der Waals surface area contributed by atoms with Gasteiger partial charge in [-0.2, -0.15) is 0 Å². The number of H-pyrrole nitrogens is 1. The fourth-order valence-corrected chi connectivity index (χ4v) is 4.05. The first-order valence-electron chi connectivity index (χ1n) is 9.62. The minimum Gasteiger partial charge on any atom is -0.464 e. The zero-order valence-corrected chi connectivity index (χ0v) is 16.2. The number of hydrogen-bond acceptors (Lipinski definition) is 5. The van der Waals surface area contributed by atoms with Gasteiger partial charge in [-0.05, 0) is 19.1 Å². The summed E-state index contributed by atoms with van der Waals surface area (Å²) in [5.74, 6) is -1.08. The fraction of sp³-hybridized carbons (Fsp3) is 0.500. The van der Waals surface area contributed by atoms with Crippen LogP contribution in [0.15, 0.2) is 18.2 Å². The lowest BCUT2D eigenvalue weighted by molar-refractivity contribution is -0.900. The first-order chi connectivity index (χ1) is 13.5. The molecule has 0 saturated carbocycles. The number of hydrogen-bond donors (Lipinski definition) is 3. The van der Waals surface area contributed by atoms with E-state index in [0.717, 1.165) is 42.4 Å². The van der Waals surface area contributed by atoms with E-state index in [0.29, 0.717) is 25.4 Å². The third kappa shape index (κ3) is 3.63. The Morgan fingerprint density at radius 3 is 2.64 bits per heavy atom. The number of quaternary nitrogens is 1. The summed E-state index contributed by atoms with van der Waals surface area (Å²) in [5, 5.41) is 3.73. The number of aryl methyl sites for hydroxylation is 1. The zero-order chi connectivity index (χ0) is 19.7. The number of benzene rings is 1. The highest BCUT2D eigenvalue weighted by molar-refractivity contribution is 6.11. The molecule has 8 heteroatoms. The van der Waals surface area contributed by atoms with E-state index in [1.807, 2.05) is 25.1 Å². The highest BCUT2D eigenvalue weighted by atomic mass is 16.7. The summed E-state index contributed by atoms with van der Waals surface area (Å²) in [4.78, 5) is 29.1. The van der Waals surface area contributed by atoms with Crippen molar-refractivity contribution in [2.24, 2.45) is 0 Å². The standard InChI is InChI=1S/C20H25N3O5/c1-13-3-4-15-14(11-13)17(18(21-15)19(25)26-2)22-16(24)12-23-7-5-20(6-8-23)27-9-10-28-20/h3-4,11,21H,5-10,12H2,1-2H3,(H,22,24)/p+1. The molecule has 3 N–H and O–H groups in total. The Hall–Kier alpha value is -2.42. The number of piperidine rings is 1. The minimum absolute atomic E-state index is 0.133. The lowest BCUT2D eigenvalue weighted by Gasteiger charge is -2.34. The monoisotopic (exact) mass is 388 g/mol. The van der Waals surface area contributed by atoms with Crippen molar-refractivity contribution in [2.45, 2.75) is 25.6 Å². The molecule has 2 fully saturated rings. The van der Waals surface area contributed by atoms with Gasteiger partial charge in [0.1, 0.15) is 5.69 Å². The summed E-state index contributed by atoms with van der Waals surface area (Å²) in [6.45, 7) is 5.21. The van der Waals surface area contributed by atoms with Crippen molar-refractivity contribution in [3.8, 4) is 0 Å². The van der Waals surface area contributed by atoms with Crippen LogP contribution < -0.4 is 10.2 Å². The van der Waals surface area contributed by atoms with E-state index in [4.69, 9.17) is 14.2 Å². The molecule has 4 rings (SSSR count). The second-order valence-corrected chi connectivity index (χ2v) is 7.50. The van der Waals surface area contributed by atoms with E-state index in [9.17, 15) is 9.59 Å². The van der Waals surface area contributed by atoms with Crippen LogP contribution in [0.25, 0.3) is 10.9 Å². The van der Waals surface area contributed by atoms with Crippen LogP contribution in [-0.2, 0) is 19.0 Å². The van der Waals surface area contributed by atoms with Crippen molar-refractivity contribution < 1.29 is 28.7 Å². The fourth-order valence-electron chi connectivity index (χ4n) is 4.05. The quantitative estimate of drug-likeness (QED) is 0.668. The number of fused-ring (bicyclic) bond motifs is 1. The van der Waals surface area contributed by atoms with Gasteiger partial charge in [-0.1, -0.05) is 11.6 Å². The van der Waals surface area contributed by atoms with Crippen LogP contribution >= 0.6 is 0 Å². The lowest BCUT2D eigenvalue weighted by atomic mass is 10.0. The maximum Gasteiger partial charge on any atom is 0.356 e. The third-order valence-electron chi connectivity index (χ3n) is 5.55. The van der Waals surface area contributed by atoms with E-state index < -0.39 is 11.8 Å². The summed E-state index contributed by atoms with van der Waals surface area (Å²) in [7, 11) is 1.32. The molecule has 8 nitrogen and oxygen atoms in total. The topological polar surface area (TPSA) is 94.1 Å². The summed E-state index contributed by atoms with van der Waals surface area (Å²) in [6, 6.07) is 5.79. The van der Waals surface area contributed by atoms with Crippen LogP contribution in [0.1, 0.15) is 28.9 Å². The van der Waals surface area contributed by atoms with Crippen molar-refractivity contribution in [2.75, 3.05) is 45.3 Å². The van der Waals surface area contributed by atoms with Gasteiger partial charge in [0.25, 0.3) is 5.91 Å². The molecule has 0 radical (unpaired) electrons. The van der Waals surface area contributed by atoms with Gasteiger partial charge in [0.2, 0.25) is 0 Å². The molecule has 0 aliphatic carbocycles. The molecule has 28 heavy (non-hydrogen) atoms. The van der Waals surface area contributed by atoms with Crippen molar-refractivity contribution in [3.63, 3.8) is 0 Å². The number of ether oxygens (including phenoxy) is 3. The Kier molecular flexibility index (Phi) is 5.09. The highest BCUT2D eigenvalue weighted by Crippen LogP contribution is 2.29. The number of carbonyl (C=O) groups excluding carboxylic acids is 2. The number of esters is 1. The van der Waals surface area contributed by atoms with Gasteiger partial charge >= 0.3 is 5.97 Å². The summed E-state index contributed by atoms with van der Waals surface area (Å²) >= 11 is 0. The minimum atomic E-state index is -0.507. The number of amides is 1. The molecule has 1 aromatic carbocycles. The average molecular weight is 388 g/mol. The third-order valence-corrected chi connectivity index (χ3v) is 5.55. The molecular formula is C20H26N3O5+. The van der Waals surface area contributed by atoms with Crippen molar-refractivity contribution in [3.05, 3.63) is 29.5 Å². The van der Waals surface area contributed by atoms with Crippen LogP contribution in [0.4, 0.5) is 5.69 Å². The molecule has 2 aromatic rings. The highest BCUT2D eigenvalue weighted by Gasteiger charge is 2.42. The molecule has 1 spiro atoms. The summed E-state index contributed by atoms with van der Waals surface area (Å²) in [6.07, 6.45) is 1.57. The number of anilines is 1. The molecule has 150 valence electrons. The Morgan fingerprint density at radius 2 is 1.96 bits per heavy atom. The number of aromatic amines is 1. The number of methoxy groups -OCH3 is 1. The van der Waals surface area contributed by atoms with Crippen molar-refractivity contribution in [1.82, 2.24) is 4.98 Å². The SMILES string of the molecule is COC(=O)c1[nH]c2ccc(C)cc2c1NC(=O)C[NH+]1CCC2(CC1)OCCO2. The number of rotatable bonds is 4. The van der Waals surface area contributed by atoms with Crippen molar-refractivity contribution in [1.29, 1.82) is 0 Å². The number of likely N-dealkylation sites (tertiary alicyclic amines) is 1. The number of nitrogens with one attached hydrogen (secondary N) is 3. The molecular weight excluding hydrogens is 362 g/mol. The Balaban J connectivity index is 1.47. The van der Waals surface area contributed by atoms with Crippen LogP contribution in [0.2, 0.25) is 0 Å². The van der Waals surface area contributed by atoms with E-state index in [1.165, 1.54) is 12.0 Å². The summed E-state index contributed by atoms with van der Waals surface area (Å²) < 4.78 is 16.4. The van der Waals surface area contributed by atoms with Gasteiger partial charge in [-0.25, -0.2) is 4.79 Å². The zero-order valence-electron chi connectivity index (χ0n) is 16.2. The maximum absolute atomic E-state index is 12.7. The van der Waals surface area contributed by atoms with E-state index in [2.05, 4.69) is 10.3 Å². The lowest BCUT2D eigenvalue weighted by Crippen LogP contribution is -3.14. The van der Waals surface area contributed by atoms with Gasteiger partial charge in [0, 0.05) is 10.9 Å². The Morgan fingerprint density at radius 1 is 1.25 bits per heavy atom. The molecule has 1 aromatic heterocycles. The molecule has 3 heterocycles. The second kappa shape index (κ2) is 7.54. The van der Waals surface area contributed by atoms with Crippen LogP contribution in [0.5, 0.6) is 0 Å². The maximum atomic E-state index is 12.7. The first kappa shape index (κ1) is 18.9. The van der Waals surface area contributed by atoms with E-state index in [-0.39, 0.29) is 11.6 Å². The van der Waals surface area contributed by atoms with Gasteiger partial charge < -0.3 is 29.4 Å². The average Bonchev–Trinajstić information content (AvgIpc) is 3.28. The Bertz CT molecular complexity index is 891. The normalized spacial score (nSPS) is 19.2. The molecule has 0 bridgehead atoms. The largest absolute Gasteiger partial charge is 0.464 e. The second-order valence-electron chi connectivity index (χ2n) is 7.50. The molecule has 2 aliphatic rings. The first-order valence-corrected chi connectivity index (χ1v) is 9.62. The Labute approximate surface area is 163 Å². The van der Waals surface area contributed by atoms with Gasteiger partial charge in [-0.15, -0.1) is 0 Å². The number of carbonyl (C=O) groups is 2. The van der Waals surface area contributed by atoms with Crippen LogP contribution in [0.3, 0.4) is 0 Å². The van der Waals surface area contributed by atoms with Crippen molar-refractivity contribution >= 4 is 28.5 Å². The van der Waals surface area contributed by atoms with E-state index in [1.54, 1.807) is 0 Å². The van der Waals surface area contributed by atoms with Gasteiger partial charge in [0.05, 0.1) is 51.9 Å². The van der Waals surface area contributed by atoms with Gasteiger partial charge in [-0.3, -0.25) is 4.79 Å². The predicted molar refractivity (Wildman–Crippen MR) is 102 cm³/mol. The van der Waals surface area contributed by atoms with Crippen LogP contribution in [0, 0.1) is 6.92 Å². The molecule has 0 atom stereocenters. The smallest absolute Gasteiger partial charge is 0.356 e. The molecule has 1 amide bonds. The number of aromatic nitrogens is 1. The van der Waals surface area contributed by atoms with Gasteiger partial charge in [0.15, 0.2) is 12.3 Å².